The number of hydrogen-bond donors (Lipinski definition) is 0. The van der Waals surface area contributed by atoms with E-state index in [9.17, 15) is 4.79 Å². The summed E-state index contributed by atoms with van der Waals surface area (Å²) in [4.78, 5) is 13.2. The van der Waals surface area contributed by atoms with Crippen LogP contribution >= 0.6 is 0 Å². The van der Waals surface area contributed by atoms with Gasteiger partial charge in [-0.05, 0) is 13.3 Å². The van der Waals surface area contributed by atoms with Crippen LogP contribution in [0.25, 0.3) is 0 Å². The molecule has 0 aromatic carbocycles. The fraction of sp³-hybridized carbons (Fsp3) is 0.857. The first-order valence-corrected chi connectivity index (χ1v) is 6.84. The van der Waals surface area contributed by atoms with E-state index in [1.807, 2.05) is 13.0 Å². The van der Waals surface area contributed by atoms with Gasteiger partial charge in [-0.25, -0.2) is 0 Å². The summed E-state index contributed by atoms with van der Waals surface area (Å²) >= 11 is 0. The molecule has 0 heterocycles. The van der Waals surface area contributed by atoms with E-state index >= 15 is 0 Å². The molecule has 104 valence electrons. The van der Waals surface area contributed by atoms with Gasteiger partial charge in [-0.1, -0.05) is 32.6 Å². The van der Waals surface area contributed by atoms with Gasteiger partial charge in [0.05, 0.1) is 18.6 Å². The molecule has 1 atom stereocenters. The number of likely N-dealkylation sites (N-methyl/N-ethyl adjacent to an activating group) is 1. The maximum Gasteiger partial charge on any atom is 0.248 e. The average molecular weight is 254 g/mol. The number of ether oxygens (including phenoxy) is 1. The van der Waals surface area contributed by atoms with Gasteiger partial charge < -0.3 is 9.64 Å². The molecule has 0 fully saturated rings. The minimum absolute atomic E-state index is 0.0503. The van der Waals surface area contributed by atoms with Crippen molar-refractivity contribution in [2.75, 3.05) is 20.2 Å². The van der Waals surface area contributed by atoms with Gasteiger partial charge in [0, 0.05) is 13.6 Å². The number of nitriles is 1. The number of carbonyl (C=O) groups excluding carboxylic acids is 1. The summed E-state index contributed by atoms with van der Waals surface area (Å²) in [5.74, 6) is -0.0503. The molecule has 4 nitrogen and oxygen atoms in total. The molecule has 0 aliphatic rings. The third kappa shape index (κ3) is 9.00. The molecular weight excluding hydrogens is 228 g/mol. The molecule has 0 aromatic heterocycles. The maximum atomic E-state index is 11.6. The predicted octanol–water partition coefficient (Wildman–Crippen LogP) is 2.73. The zero-order valence-corrected chi connectivity index (χ0v) is 11.9. The van der Waals surface area contributed by atoms with Gasteiger partial charge in [-0.3, -0.25) is 4.79 Å². The third-order valence-electron chi connectivity index (χ3n) is 2.94. The van der Waals surface area contributed by atoms with Crippen LogP contribution in [0.15, 0.2) is 0 Å². The Balaban J connectivity index is 3.61. The fourth-order valence-electron chi connectivity index (χ4n) is 1.61. The Morgan fingerprint density at radius 3 is 2.72 bits per heavy atom. The van der Waals surface area contributed by atoms with E-state index in [0.717, 1.165) is 12.8 Å². The van der Waals surface area contributed by atoms with Crippen LogP contribution in [0.4, 0.5) is 0 Å². The summed E-state index contributed by atoms with van der Waals surface area (Å²) in [6.07, 6.45) is 6.41. The Bertz CT molecular complexity index is 261. The highest BCUT2D eigenvalue weighted by molar-refractivity contribution is 5.77. The van der Waals surface area contributed by atoms with Gasteiger partial charge in [0.25, 0.3) is 0 Å². The van der Waals surface area contributed by atoms with Gasteiger partial charge in [-0.15, -0.1) is 0 Å². The van der Waals surface area contributed by atoms with Crippen molar-refractivity contribution in [2.45, 2.75) is 58.5 Å². The van der Waals surface area contributed by atoms with Crippen LogP contribution in [0.2, 0.25) is 0 Å². The number of amides is 1. The molecular formula is C14H26N2O2. The molecule has 0 aliphatic carbocycles. The Labute approximate surface area is 111 Å². The molecule has 4 heteroatoms. The smallest absolute Gasteiger partial charge is 0.248 e. The van der Waals surface area contributed by atoms with E-state index in [-0.39, 0.29) is 18.6 Å². The van der Waals surface area contributed by atoms with Gasteiger partial charge in [0.15, 0.2) is 0 Å². The van der Waals surface area contributed by atoms with Crippen LogP contribution in [-0.2, 0) is 9.53 Å². The monoisotopic (exact) mass is 254 g/mol. The largest absolute Gasteiger partial charge is 0.369 e. The maximum absolute atomic E-state index is 11.6. The second-order valence-corrected chi connectivity index (χ2v) is 4.69. The van der Waals surface area contributed by atoms with Crippen LogP contribution in [-0.4, -0.2) is 37.1 Å². The van der Waals surface area contributed by atoms with Crippen LogP contribution in [0.3, 0.4) is 0 Å². The molecule has 0 radical (unpaired) electrons. The molecule has 0 N–H and O–H groups in total. The second kappa shape index (κ2) is 11.0. The van der Waals surface area contributed by atoms with Crippen LogP contribution in [0.5, 0.6) is 0 Å². The molecule has 0 rings (SSSR count). The van der Waals surface area contributed by atoms with Crippen LogP contribution in [0.1, 0.15) is 52.4 Å². The van der Waals surface area contributed by atoms with Crippen LogP contribution in [0, 0.1) is 11.3 Å². The highest BCUT2D eigenvalue weighted by Gasteiger charge is 2.10. The number of carbonyl (C=O) groups is 1. The van der Waals surface area contributed by atoms with Crippen molar-refractivity contribution < 1.29 is 9.53 Å². The average Bonchev–Trinajstić information content (AvgIpc) is 2.38. The number of unbranched alkanes of at least 4 members (excludes halogenated alkanes) is 3. The first-order valence-electron chi connectivity index (χ1n) is 6.84. The summed E-state index contributed by atoms with van der Waals surface area (Å²) in [5.41, 5.74) is 0. The number of nitrogens with zero attached hydrogens (tertiary/aromatic N) is 2. The summed E-state index contributed by atoms with van der Waals surface area (Å²) in [6.45, 7) is 4.80. The van der Waals surface area contributed by atoms with Crippen molar-refractivity contribution in [3.05, 3.63) is 0 Å². The Kier molecular flexibility index (Phi) is 10.4. The van der Waals surface area contributed by atoms with Gasteiger partial charge >= 0.3 is 0 Å². The summed E-state index contributed by atoms with van der Waals surface area (Å²) in [6, 6.07) is 2.02. The van der Waals surface area contributed by atoms with E-state index in [4.69, 9.17) is 10.00 Å². The summed E-state index contributed by atoms with van der Waals surface area (Å²) < 4.78 is 5.51. The van der Waals surface area contributed by atoms with Crippen molar-refractivity contribution in [2.24, 2.45) is 0 Å². The minimum Gasteiger partial charge on any atom is -0.369 e. The van der Waals surface area contributed by atoms with Gasteiger partial charge in [0.1, 0.15) is 6.61 Å². The lowest BCUT2D eigenvalue weighted by Gasteiger charge is -2.18. The lowest BCUT2D eigenvalue weighted by Crippen LogP contribution is -2.32. The SMILES string of the molecule is CCCCCCC(C)OCC(=O)N(C)CCC#N. The van der Waals surface area contributed by atoms with E-state index < -0.39 is 0 Å². The van der Waals surface area contributed by atoms with Gasteiger partial charge in [0.2, 0.25) is 5.91 Å². The molecule has 0 saturated carbocycles. The predicted molar refractivity (Wildman–Crippen MR) is 72.0 cm³/mol. The highest BCUT2D eigenvalue weighted by atomic mass is 16.5. The first kappa shape index (κ1) is 16.9. The lowest BCUT2D eigenvalue weighted by molar-refractivity contribution is -0.136. The molecule has 1 unspecified atom stereocenters. The van der Waals surface area contributed by atoms with E-state index in [0.29, 0.717) is 13.0 Å². The third-order valence-corrected chi connectivity index (χ3v) is 2.94. The highest BCUT2D eigenvalue weighted by Crippen LogP contribution is 2.07. The zero-order valence-electron chi connectivity index (χ0n) is 11.9. The Morgan fingerprint density at radius 2 is 2.11 bits per heavy atom. The Morgan fingerprint density at radius 1 is 1.39 bits per heavy atom. The minimum atomic E-state index is -0.0503. The molecule has 18 heavy (non-hydrogen) atoms. The van der Waals surface area contributed by atoms with Crippen molar-refractivity contribution in [3.63, 3.8) is 0 Å². The molecule has 0 aliphatic heterocycles. The normalized spacial score (nSPS) is 11.9. The zero-order chi connectivity index (χ0) is 13.8. The lowest BCUT2D eigenvalue weighted by atomic mass is 10.1. The van der Waals surface area contributed by atoms with Crippen molar-refractivity contribution >= 4 is 5.91 Å². The van der Waals surface area contributed by atoms with Crippen LogP contribution < -0.4 is 0 Å². The van der Waals surface area contributed by atoms with E-state index in [1.54, 1.807) is 11.9 Å². The molecule has 0 aromatic rings. The van der Waals surface area contributed by atoms with Gasteiger partial charge in [-0.2, -0.15) is 5.26 Å². The summed E-state index contributed by atoms with van der Waals surface area (Å²) in [5, 5.41) is 8.44. The topological polar surface area (TPSA) is 53.3 Å². The quantitative estimate of drug-likeness (QED) is 0.563. The first-order chi connectivity index (χ1) is 8.61. The number of hydrogen-bond acceptors (Lipinski definition) is 3. The standard InChI is InChI=1S/C14H26N2O2/c1-4-5-6-7-9-13(2)18-12-14(17)16(3)11-8-10-15/h13H,4-9,11-12H2,1-3H3. The van der Waals surface area contributed by atoms with E-state index in [2.05, 4.69) is 6.92 Å². The fourth-order valence-corrected chi connectivity index (χ4v) is 1.61. The van der Waals surface area contributed by atoms with E-state index in [1.165, 1.54) is 19.3 Å². The molecule has 0 saturated heterocycles. The van der Waals surface area contributed by atoms with Crippen molar-refractivity contribution in [1.29, 1.82) is 5.26 Å². The molecule has 1 amide bonds. The van der Waals surface area contributed by atoms with Crippen molar-refractivity contribution in [3.8, 4) is 6.07 Å². The Hall–Kier alpha value is -1.08. The molecule has 0 bridgehead atoms. The number of rotatable bonds is 10. The second-order valence-electron chi connectivity index (χ2n) is 4.69. The summed E-state index contributed by atoms with van der Waals surface area (Å²) in [7, 11) is 1.70. The molecule has 0 spiro atoms. The van der Waals surface area contributed by atoms with Crippen molar-refractivity contribution in [1.82, 2.24) is 4.90 Å².